The number of carbonyl (C=O) groups is 5. The van der Waals surface area contributed by atoms with Gasteiger partial charge in [-0.1, -0.05) is 88.4 Å². The summed E-state index contributed by atoms with van der Waals surface area (Å²) in [7, 11) is 0. The van der Waals surface area contributed by atoms with Crippen molar-refractivity contribution in [1.29, 1.82) is 0 Å². The molecule has 0 radical (unpaired) electrons. The predicted molar refractivity (Wildman–Crippen MR) is 198 cm³/mol. The minimum Gasteiger partial charge on any atom is -0.361 e. The molecule has 4 amide bonds. The van der Waals surface area contributed by atoms with Crippen molar-refractivity contribution in [2.45, 2.75) is 110 Å². The number of ether oxygens (including phenoxy) is 2. The van der Waals surface area contributed by atoms with Crippen LogP contribution in [0.4, 0.5) is 0 Å². The lowest BCUT2D eigenvalue weighted by Crippen LogP contribution is -2.61. The van der Waals surface area contributed by atoms with Crippen LogP contribution in [0.5, 0.6) is 0 Å². The molecule has 2 saturated heterocycles. The van der Waals surface area contributed by atoms with Crippen molar-refractivity contribution in [2.75, 3.05) is 26.3 Å². The highest BCUT2D eigenvalue weighted by Gasteiger charge is 2.50. The minimum atomic E-state index is -1.04. The predicted octanol–water partition coefficient (Wildman–Crippen LogP) is 2.93. The van der Waals surface area contributed by atoms with Crippen molar-refractivity contribution in [3.8, 4) is 0 Å². The van der Waals surface area contributed by atoms with Gasteiger partial charge >= 0.3 is 0 Å². The maximum atomic E-state index is 14.3. The van der Waals surface area contributed by atoms with Crippen LogP contribution in [-0.2, 0) is 46.3 Å². The standard InChI is InChI=1S/C40H57N5O7/c1-26(2)21-31(36(47)40(6)25-52-40)42-38(49)33(23-30-15-11-8-12-16-30)43-37(48)32(22-27(3)4)44-39(50)34(18-17-29-13-9-7-10-14-29)45(28(5)46)35-24-41-19-20-51-35/h7-16,26-27,31-35,41H,17-25H2,1-6H3,(H,42,49)(H,43,48)(H,44,50). The summed E-state index contributed by atoms with van der Waals surface area (Å²) in [6.45, 7) is 12.7. The van der Waals surface area contributed by atoms with Gasteiger partial charge in [-0.3, -0.25) is 24.0 Å². The zero-order chi connectivity index (χ0) is 37.8. The topological polar surface area (TPSA) is 158 Å². The van der Waals surface area contributed by atoms with E-state index in [1.807, 2.05) is 88.4 Å². The molecule has 4 rings (SSSR count). The first-order valence-corrected chi connectivity index (χ1v) is 18.6. The molecule has 2 heterocycles. The Morgan fingerprint density at radius 1 is 0.808 bits per heavy atom. The highest BCUT2D eigenvalue weighted by atomic mass is 16.6. The van der Waals surface area contributed by atoms with Gasteiger partial charge in [0, 0.05) is 26.4 Å². The Morgan fingerprint density at radius 3 is 1.88 bits per heavy atom. The zero-order valence-corrected chi connectivity index (χ0v) is 31.5. The van der Waals surface area contributed by atoms with E-state index in [1.54, 1.807) is 6.92 Å². The largest absolute Gasteiger partial charge is 0.361 e. The van der Waals surface area contributed by atoms with Gasteiger partial charge in [0.15, 0.2) is 5.78 Å². The molecule has 0 spiro atoms. The number of carbonyl (C=O) groups excluding carboxylic acids is 5. The van der Waals surface area contributed by atoms with E-state index in [1.165, 1.54) is 11.8 Å². The van der Waals surface area contributed by atoms with Gasteiger partial charge in [0.2, 0.25) is 23.6 Å². The first-order chi connectivity index (χ1) is 24.8. The third-order valence-corrected chi connectivity index (χ3v) is 9.46. The van der Waals surface area contributed by atoms with Crippen LogP contribution >= 0.6 is 0 Å². The van der Waals surface area contributed by atoms with E-state index >= 15 is 0 Å². The number of ketones is 1. The minimum absolute atomic E-state index is 0.00216. The molecular weight excluding hydrogens is 662 g/mol. The number of benzene rings is 2. The number of rotatable bonds is 19. The summed E-state index contributed by atoms with van der Waals surface area (Å²) in [6, 6.07) is 15.2. The highest BCUT2D eigenvalue weighted by Crippen LogP contribution is 2.30. The van der Waals surface area contributed by atoms with E-state index in [0.29, 0.717) is 45.6 Å². The number of Topliss-reactive ketones (excluding diaryl/α,β-unsaturated/α-hetero) is 1. The quantitative estimate of drug-likeness (QED) is 0.162. The Labute approximate surface area is 308 Å². The van der Waals surface area contributed by atoms with Gasteiger partial charge < -0.3 is 35.6 Å². The smallest absolute Gasteiger partial charge is 0.243 e. The lowest BCUT2D eigenvalue weighted by molar-refractivity contribution is -0.159. The van der Waals surface area contributed by atoms with Crippen LogP contribution in [0.15, 0.2) is 60.7 Å². The molecule has 6 unspecified atom stereocenters. The van der Waals surface area contributed by atoms with E-state index in [9.17, 15) is 24.0 Å². The normalized spacial score (nSPS) is 20.7. The van der Waals surface area contributed by atoms with Crippen LogP contribution in [0.1, 0.15) is 71.9 Å². The van der Waals surface area contributed by atoms with Gasteiger partial charge in [0.25, 0.3) is 0 Å². The van der Waals surface area contributed by atoms with Crippen molar-refractivity contribution in [3.05, 3.63) is 71.8 Å². The molecule has 6 atom stereocenters. The van der Waals surface area contributed by atoms with E-state index < -0.39 is 53.7 Å². The third kappa shape index (κ3) is 12.0. The van der Waals surface area contributed by atoms with Crippen LogP contribution in [0, 0.1) is 11.8 Å². The average molecular weight is 720 g/mol. The van der Waals surface area contributed by atoms with E-state index in [-0.39, 0.29) is 36.4 Å². The second-order valence-electron chi connectivity index (χ2n) is 15.0. The van der Waals surface area contributed by atoms with Crippen LogP contribution in [0.2, 0.25) is 0 Å². The number of nitrogens with one attached hydrogen (secondary N) is 4. The summed E-state index contributed by atoms with van der Waals surface area (Å²) in [4.78, 5) is 70.4. The molecule has 2 aliphatic heterocycles. The summed E-state index contributed by atoms with van der Waals surface area (Å²) >= 11 is 0. The summed E-state index contributed by atoms with van der Waals surface area (Å²) in [5.41, 5.74) is 0.895. The molecule has 2 aromatic rings. The van der Waals surface area contributed by atoms with Crippen LogP contribution in [0.25, 0.3) is 0 Å². The van der Waals surface area contributed by atoms with Crippen molar-refractivity contribution in [1.82, 2.24) is 26.2 Å². The Bertz CT molecular complexity index is 1490. The van der Waals surface area contributed by atoms with Crippen LogP contribution in [0.3, 0.4) is 0 Å². The summed E-state index contributed by atoms with van der Waals surface area (Å²) in [6.07, 6.45) is 1.04. The zero-order valence-electron chi connectivity index (χ0n) is 31.5. The van der Waals surface area contributed by atoms with Gasteiger partial charge in [0.1, 0.15) is 30.0 Å². The van der Waals surface area contributed by atoms with Crippen molar-refractivity contribution < 1.29 is 33.4 Å². The number of amides is 4. The molecule has 0 aromatic heterocycles. The molecule has 4 N–H and O–H groups in total. The molecule has 2 aliphatic rings. The van der Waals surface area contributed by atoms with Gasteiger partial charge in [-0.15, -0.1) is 0 Å². The Kier molecular flexibility index (Phi) is 14.9. The molecule has 2 aromatic carbocycles. The van der Waals surface area contributed by atoms with E-state index in [4.69, 9.17) is 9.47 Å². The van der Waals surface area contributed by atoms with Crippen LogP contribution in [-0.4, -0.2) is 96.6 Å². The maximum Gasteiger partial charge on any atom is 0.243 e. The average Bonchev–Trinajstić information content (AvgIpc) is 3.87. The monoisotopic (exact) mass is 719 g/mol. The molecule has 2 fully saturated rings. The lowest BCUT2D eigenvalue weighted by Gasteiger charge is -2.39. The Balaban J connectivity index is 1.58. The SMILES string of the molecule is CC(=O)N(C1CNCCO1)C(CCc1ccccc1)C(=O)NC(CC(C)C)C(=O)NC(Cc1ccccc1)C(=O)NC(CC(C)C)C(=O)C1(C)CO1. The molecule has 52 heavy (non-hydrogen) atoms. The fraction of sp³-hybridized carbons (Fsp3) is 0.575. The van der Waals surface area contributed by atoms with Crippen LogP contribution < -0.4 is 21.3 Å². The number of morpholine rings is 1. The van der Waals surface area contributed by atoms with Crippen molar-refractivity contribution in [3.63, 3.8) is 0 Å². The Hall–Kier alpha value is -4.13. The van der Waals surface area contributed by atoms with E-state index in [0.717, 1.165) is 11.1 Å². The first kappa shape index (κ1) is 40.6. The van der Waals surface area contributed by atoms with Gasteiger partial charge in [-0.25, -0.2) is 0 Å². The van der Waals surface area contributed by atoms with Gasteiger partial charge in [-0.05, 0) is 55.6 Å². The lowest BCUT2D eigenvalue weighted by atomic mass is 9.93. The molecule has 12 nitrogen and oxygen atoms in total. The second kappa shape index (κ2) is 19.1. The summed E-state index contributed by atoms with van der Waals surface area (Å²) < 4.78 is 11.4. The number of aryl methyl sites for hydroxylation is 1. The number of hydrogen-bond acceptors (Lipinski definition) is 8. The molecular formula is C40H57N5O7. The fourth-order valence-corrected chi connectivity index (χ4v) is 6.59. The first-order valence-electron chi connectivity index (χ1n) is 18.6. The Morgan fingerprint density at radius 2 is 1.35 bits per heavy atom. The number of epoxide rings is 1. The number of hydrogen-bond donors (Lipinski definition) is 4. The number of nitrogens with zero attached hydrogens (tertiary/aromatic N) is 1. The molecule has 0 saturated carbocycles. The third-order valence-electron chi connectivity index (χ3n) is 9.46. The molecule has 284 valence electrons. The second-order valence-corrected chi connectivity index (χ2v) is 15.0. The maximum absolute atomic E-state index is 14.3. The molecule has 0 bridgehead atoms. The van der Waals surface area contributed by atoms with E-state index in [2.05, 4.69) is 21.3 Å². The fourth-order valence-electron chi connectivity index (χ4n) is 6.59. The summed E-state index contributed by atoms with van der Waals surface area (Å²) in [5, 5.41) is 12.0. The summed E-state index contributed by atoms with van der Waals surface area (Å²) in [5.74, 6) is -1.91. The molecule has 0 aliphatic carbocycles. The van der Waals surface area contributed by atoms with Gasteiger partial charge in [0.05, 0.1) is 19.3 Å². The van der Waals surface area contributed by atoms with Crippen molar-refractivity contribution in [2.24, 2.45) is 11.8 Å². The van der Waals surface area contributed by atoms with Gasteiger partial charge in [-0.2, -0.15) is 0 Å². The molecule has 12 heteroatoms. The highest BCUT2D eigenvalue weighted by molar-refractivity contribution is 5.98. The van der Waals surface area contributed by atoms with Crippen molar-refractivity contribution >= 4 is 29.4 Å².